The smallest absolute Gasteiger partial charge is 0.238 e. The van der Waals surface area contributed by atoms with E-state index in [1.54, 1.807) is 36.4 Å². The molecule has 25 heavy (non-hydrogen) atoms. The first-order valence-electron chi connectivity index (χ1n) is 8.21. The molecule has 0 aromatic heterocycles. The van der Waals surface area contributed by atoms with Crippen molar-refractivity contribution in [3.05, 3.63) is 54.3 Å². The Hall–Kier alpha value is -2.12. The third kappa shape index (κ3) is 4.11. The lowest BCUT2D eigenvalue weighted by Crippen LogP contribution is -2.43. The zero-order valence-electron chi connectivity index (χ0n) is 14.1. The minimum absolute atomic E-state index is 0.127. The Morgan fingerprint density at radius 2 is 1.60 bits per heavy atom. The molecule has 0 aliphatic carbocycles. The lowest BCUT2D eigenvalue weighted by Gasteiger charge is -2.39. The molecule has 0 unspecified atom stereocenters. The standard InChI is InChI=1S/C18H22FN3O2S/c1-21(15-4-2-14(19)3-5-15)16-10-12-22(13-11-16)17-6-8-18(9-7-17)25(20,23)24/h2-9,16H,10-13H2,1H3,(H2,20,23,24). The van der Waals surface area contributed by atoms with Gasteiger partial charge in [-0.25, -0.2) is 17.9 Å². The third-order valence-corrected chi connectivity index (χ3v) is 5.71. The van der Waals surface area contributed by atoms with Crippen LogP contribution in [0.15, 0.2) is 53.4 Å². The summed E-state index contributed by atoms with van der Waals surface area (Å²) in [7, 11) is -1.62. The Morgan fingerprint density at radius 1 is 1.04 bits per heavy atom. The molecule has 3 rings (SSSR count). The molecule has 7 heteroatoms. The van der Waals surface area contributed by atoms with Crippen molar-refractivity contribution < 1.29 is 12.8 Å². The van der Waals surface area contributed by atoms with Gasteiger partial charge in [-0.2, -0.15) is 0 Å². The third-order valence-electron chi connectivity index (χ3n) is 4.78. The first-order valence-corrected chi connectivity index (χ1v) is 9.75. The highest BCUT2D eigenvalue weighted by atomic mass is 32.2. The molecule has 1 aliphatic rings. The van der Waals surface area contributed by atoms with E-state index >= 15 is 0 Å². The Kier molecular flexibility index (Phi) is 4.96. The normalized spacial score (nSPS) is 16.0. The van der Waals surface area contributed by atoms with Gasteiger partial charge in [-0.05, 0) is 61.4 Å². The van der Waals surface area contributed by atoms with Gasteiger partial charge in [-0.3, -0.25) is 0 Å². The predicted molar refractivity (Wildman–Crippen MR) is 97.9 cm³/mol. The Morgan fingerprint density at radius 3 is 2.12 bits per heavy atom. The number of primary sulfonamides is 1. The van der Waals surface area contributed by atoms with Crippen LogP contribution in [-0.2, 0) is 10.0 Å². The van der Waals surface area contributed by atoms with Gasteiger partial charge >= 0.3 is 0 Å². The van der Waals surface area contributed by atoms with Crippen LogP contribution in [-0.4, -0.2) is 34.6 Å². The van der Waals surface area contributed by atoms with Gasteiger partial charge in [-0.1, -0.05) is 0 Å². The summed E-state index contributed by atoms with van der Waals surface area (Å²) < 4.78 is 35.7. The Bertz CT molecular complexity index is 814. The molecule has 1 fully saturated rings. The number of nitrogens with zero attached hydrogens (tertiary/aromatic N) is 2. The fourth-order valence-corrected chi connectivity index (χ4v) is 3.76. The van der Waals surface area contributed by atoms with Gasteiger partial charge in [-0.15, -0.1) is 0 Å². The lowest BCUT2D eigenvalue weighted by atomic mass is 10.0. The topological polar surface area (TPSA) is 66.6 Å². The van der Waals surface area contributed by atoms with Crippen molar-refractivity contribution in [3.63, 3.8) is 0 Å². The average molecular weight is 363 g/mol. The zero-order chi connectivity index (χ0) is 18.0. The second-order valence-electron chi connectivity index (χ2n) is 6.34. The SMILES string of the molecule is CN(c1ccc(F)cc1)C1CCN(c2ccc(S(N)(=O)=O)cc2)CC1. The second kappa shape index (κ2) is 7.01. The average Bonchev–Trinajstić information content (AvgIpc) is 2.61. The van der Waals surface area contributed by atoms with E-state index < -0.39 is 10.0 Å². The highest BCUT2D eigenvalue weighted by Crippen LogP contribution is 2.26. The molecule has 1 aliphatic heterocycles. The number of anilines is 2. The lowest BCUT2D eigenvalue weighted by molar-refractivity contribution is 0.482. The van der Waals surface area contributed by atoms with Crippen molar-refractivity contribution in [2.45, 2.75) is 23.8 Å². The van der Waals surface area contributed by atoms with Crippen molar-refractivity contribution in [2.24, 2.45) is 5.14 Å². The maximum atomic E-state index is 13.1. The molecular weight excluding hydrogens is 341 g/mol. The van der Waals surface area contributed by atoms with Gasteiger partial charge < -0.3 is 9.80 Å². The Balaban J connectivity index is 1.62. The van der Waals surface area contributed by atoms with E-state index in [1.165, 1.54) is 12.1 Å². The van der Waals surface area contributed by atoms with Crippen molar-refractivity contribution in [2.75, 3.05) is 29.9 Å². The maximum Gasteiger partial charge on any atom is 0.238 e. The van der Waals surface area contributed by atoms with Gasteiger partial charge in [0.15, 0.2) is 0 Å². The number of hydrogen-bond acceptors (Lipinski definition) is 4. The van der Waals surface area contributed by atoms with Crippen molar-refractivity contribution in [1.82, 2.24) is 0 Å². The van der Waals surface area contributed by atoms with Gasteiger partial charge in [0.2, 0.25) is 10.0 Å². The summed E-state index contributed by atoms with van der Waals surface area (Å²) in [4.78, 5) is 4.56. The van der Waals surface area contributed by atoms with Crippen LogP contribution >= 0.6 is 0 Å². The number of rotatable bonds is 4. The number of nitrogens with two attached hydrogens (primary N) is 1. The first-order chi connectivity index (χ1) is 11.8. The molecule has 0 bridgehead atoms. The van der Waals surface area contributed by atoms with Crippen molar-refractivity contribution >= 4 is 21.4 Å². The summed E-state index contributed by atoms with van der Waals surface area (Å²) in [5.74, 6) is -0.227. The molecule has 1 saturated heterocycles. The van der Waals surface area contributed by atoms with Crippen LogP contribution in [0.3, 0.4) is 0 Å². The summed E-state index contributed by atoms with van der Waals surface area (Å²) in [5, 5.41) is 5.13. The molecule has 1 heterocycles. The molecule has 2 aromatic rings. The Labute approximate surface area is 147 Å². The highest BCUT2D eigenvalue weighted by molar-refractivity contribution is 7.89. The maximum absolute atomic E-state index is 13.1. The fourth-order valence-electron chi connectivity index (χ4n) is 3.25. The van der Waals surface area contributed by atoms with E-state index in [4.69, 9.17) is 5.14 Å². The number of piperidine rings is 1. The fraction of sp³-hybridized carbons (Fsp3) is 0.333. The van der Waals surface area contributed by atoms with Crippen LogP contribution in [0.1, 0.15) is 12.8 Å². The van der Waals surface area contributed by atoms with E-state index in [0.29, 0.717) is 6.04 Å². The summed E-state index contributed by atoms with van der Waals surface area (Å²) in [5.41, 5.74) is 2.01. The number of hydrogen-bond donors (Lipinski definition) is 1. The van der Waals surface area contributed by atoms with Crippen LogP contribution in [0, 0.1) is 5.82 Å². The van der Waals surface area contributed by atoms with Gasteiger partial charge in [0.05, 0.1) is 4.90 Å². The largest absolute Gasteiger partial charge is 0.371 e. The van der Waals surface area contributed by atoms with Gasteiger partial charge in [0, 0.05) is 37.6 Å². The van der Waals surface area contributed by atoms with Crippen LogP contribution in [0.2, 0.25) is 0 Å². The molecule has 2 N–H and O–H groups in total. The second-order valence-corrected chi connectivity index (χ2v) is 7.91. The van der Waals surface area contributed by atoms with Crippen LogP contribution < -0.4 is 14.9 Å². The van der Waals surface area contributed by atoms with E-state index in [0.717, 1.165) is 37.3 Å². The molecule has 0 spiro atoms. The van der Waals surface area contributed by atoms with Gasteiger partial charge in [0.1, 0.15) is 5.82 Å². The molecule has 0 atom stereocenters. The summed E-state index contributed by atoms with van der Waals surface area (Å²) in [6.45, 7) is 1.76. The highest BCUT2D eigenvalue weighted by Gasteiger charge is 2.23. The minimum Gasteiger partial charge on any atom is -0.371 e. The molecule has 2 aromatic carbocycles. The van der Waals surface area contributed by atoms with Crippen LogP contribution in [0.5, 0.6) is 0 Å². The molecule has 5 nitrogen and oxygen atoms in total. The van der Waals surface area contributed by atoms with Crippen molar-refractivity contribution in [3.8, 4) is 0 Å². The first kappa shape index (κ1) is 17.7. The number of sulfonamides is 1. The van der Waals surface area contributed by atoms with Crippen LogP contribution in [0.25, 0.3) is 0 Å². The number of halogens is 1. The molecule has 0 saturated carbocycles. The summed E-state index contributed by atoms with van der Waals surface area (Å²) in [6, 6.07) is 13.6. The molecular formula is C18H22FN3O2S. The van der Waals surface area contributed by atoms with E-state index in [-0.39, 0.29) is 10.7 Å². The van der Waals surface area contributed by atoms with Gasteiger partial charge in [0.25, 0.3) is 0 Å². The molecule has 0 amide bonds. The number of benzene rings is 2. The zero-order valence-corrected chi connectivity index (χ0v) is 14.9. The predicted octanol–water partition coefficient (Wildman–Crippen LogP) is 2.58. The minimum atomic E-state index is -3.66. The molecule has 134 valence electrons. The van der Waals surface area contributed by atoms with E-state index in [1.807, 2.05) is 7.05 Å². The summed E-state index contributed by atoms with van der Waals surface area (Å²) >= 11 is 0. The molecule has 0 radical (unpaired) electrons. The monoisotopic (exact) mass is 363 g/mol. The van der Waals surface area contributed by atoms with Crippen molar-refractivity contribution in [1.29, 1.82) is 0 Å². The van der Waals surface area contributed by atoms with E-state index in [2.05, 4.69) is 9.80 Å². The van der Waals surface area contributed by atoms with E-state index in [9.17, 15) is 12.8 Å². The van der Waals surface area contributed by atoms with Crippen LogP contribution in [0.4, 0.5) is 15.8 Å². The summed E-state index contributed by atoms with van der Waals surface area (Å²) in [6.07, 6.45) is 1.95. The quantitative estimate of drug-likeness (QED) is 0.907.